The fourth-order valence-electron chi connectivity index (χ4n) is 1.27. The van der Waals surface area contributed by atoms with E-state index in [-0.39, 0.29) is 0 Å². The first-order chi connectivity index (χ1) is 5.68. The van der Waals surface area contributed by atoms with Crippen molar-refractivity contribution in [2.24, 2.45) is 0 Å². The second-order valence-electron chi connectivity index (χ2n) is 2.97. The summed E-state index contributed by atoms with van der Waals surface area (Å²) in [7, 11) is 0. The van der Waals surface area contributed by atoms with Crippen LogP contribution in [0.15, 0.2) is 16.6 Å². The monoisotopic (exact) mass is 224 g/mol. The minimum atomic E-state index is 1.02. The molecule has 0 saturated carbocycles. The fraction of sp³-hybridized carbons (Fsp3) is 0.222. The zero-order valence-electron chi connectivity index (χ0n) is 6.98. The summed E-state index contributed by atoms with van der Waals surface area (Å²) in [6.45, 7) is 4.11. The number of aryl methyl sites for hydroxylation is 2. The van der Waals surface area contributed by atoms with Crippen molar-refractivity contribution in [1.29, 1.82) is 0 Å². The van der Waals surface area contributed by atoms with Crippen LogP contribution in [0.5, 0.6) is 0 Å². The third kappa shape index (κ3) is 1.05. The van der Waals surface area contributed by atoms with Gasteiger partial charge in [-0.15, -0.1) is 0 Å². The second-order valence-corrected chi connectivity index (χ2v) is 3.82. The molecular formula is C9H9BrN2. The number of aromatic nitrogens is 2. The van der Waals surface area contributed by atoms with Crippen LogP contribution in [0, 0.1) is 13.8 Å². The molecule has 0 saturated heterocycles. The number of hydrogen-bond acceptors (Lipinski definition) is 1. The molecular weight excluding hydrogens is 216 g/mol. The Morgan fingerprint density at radius 2 is 2.08 bits per heavy atom. The second kappa shape index (κ2) is 2.59. The Morgan fingerprint density at radius 3 is 2.83 bits per heavy atom. The van der Waals surface area contributed by atoms with Crippen molar-refractivity contribution in [3.8, 4) is 0 Å². The van der Waals surface area contributed by atoms with Gasteiger partial charge in [-0.1, -0.05) is 15.9 Å². The molecule has 2 rings (SSSR count). The largest absolute Gasteiger partial charge is 0.282 e. The summed E-state index contributed by atoms with van der Waals surface area (Å²) in [5.74, 6) is 0. The van der Waals surface area contributed by atoms with Gasteiger partial charge in [0.2, 0.25) is 0 Å². The Kier molecular flexibility index (Phi) is 1.68. The van der Waals surface area contributed by atoms with Crippen molar-refractivity contribution in [2.75, 3.05) is 0 Å². The van der Waals surface area contributed by atoms with Crippen molar-refractivity contribution in [2.45, 2.75) is 13.8 Å². The van der Waals surface area contributed by atoms with Crippen molar-refractivity contribution in [1.82, 2.24) is 10.2 Å². The first kappa shape index (κ1) is 7.80. The number of benzene rings is 1. The number of nitrogens with one attached hydrogen (secondary N) is 1. The molecule has 0 bridgehead atoms. The number of fused-ring (bicyclic) bond motifs is 1. The highest BCUT2D eigenvalue weighted by Crippen LogP contribution is 2.23. The molecule has 1 N–H and O–H groups in total. The van der Waals surface area contributed by atoms with E-state index in [1.807, 2.05) is 13.0 Å². The van der Waals surface area contributed by atoms with E-state index < -0.39 is 0 Å². The molecule has 1 aromatic carbocycles. The lowest BCUT2D eigenvalue weighted by atomic mass is 10.1. The van der Waals surface area contributed by atoms with Gasteiger partial charge in [0.1, 0.15) is 0 Å². The Morgan fingerprint density at radius 1 is 1.33 bits per heavy atom. The van der Waals surface area contributed by atoms with E-state index in [2.05, 4.69) is 39.1 Å². The molecule has 1 aromatic heterocycles. The van der Waals surface area contributed by atoms with Crippen molar-refractivity contribution < 1.29 is 0 Å². The summed E-state index contributed by atoms with van der Waals surface area (Å²) < 4.78 is 1.11. The SMILES string of the molecule is Cc1cc2c(C)[nH]nc2cc1Br. The molecule has 0 radical (unpaired) electrons. The van der Waals surface area contributed by atoms with Crippen LogP contribution in [-0.4, -0.2) is 10.2 Å². The highest BCUT2D eigenvalue weighted by molar-refractivity contribution is 9.10. The van der Waals surface area contributed by atoms with Crippen molar-refractivity contribution in [3.05, 3.63) is 27.9 Å². The minimum Gasteiger partial charge on any atom is -0.282 e. The van der Waals surface area contributed by atoms with Crippen LogP contribution in [0.4, 0.5) is 0 Å². The minimum absolute atomic E-state index is 1.02. The number of hydrogen-bond donors (Lipinski definition) is 1. The normalized spacial score (nSPS) is 10.9. The molecule has 0 spiro atoms. The molecule has 2 nitrogen and oxygen atoms in total. The molecule has 62 valence electrons. The molecule has 0 aliphatic carbocycles. The Bertz CT molecular complexity index is 431. The molecule has 0 aliphatic heterocycles. The van der Waals surface area contributed by atoms with E-state index in [1.165, 1.54) is 10.9 Å². The molecule has 12 heavy (non-hydrogen) atoms. The van der Waals surface area contributed by atoms with Crippen LogP contribution in [-0.2, 0) is 0 Å². The first-order valence-corrected chi connectivity index (χ1v) is 4.58. The van der Waals surface area contributed by atoms with Crippen LogP contribution in [0.3, 0.4) is 0 Å². The fourth-order valence-corrected chi connectivity index (χ4v) is 1.60. The molecule has 0 aliphatic rings. The van der Waals surface area contributed by atoms with Crippen LogP contribution in [0.2, 0.25) is 0 Å². The smallest absolute Gasteiger partial charge is 0.0935 e. The van der Waals surface area contributed by atoms with Crippen LogP contribution in [0.1, 0.15) is 11.3 Å². The van der Waals surface area contributed by atoms with E-state index in [9.17, 15) is 0 Å². The van der Waals surface area contributed by atoms with Gasteiger partial charge in [-0.25, -0.2) is 0 Å². The molecule has 3 heteroatoms. The van der Waals surface area contributed by atoms with Crippen molar-refractivity contribution in [3.63, 3.8) is 0 Å². The third-order valence-electron chi connectivity index (χ3n) is 2.03. The molecule has 1 heterocycles. The Labute approximate surface area is 79.1 Å². The highest BCUT2D eigenvalue weighted by Gasteiger charge is 2.03. The number of halogens is 1. The first-order valence-electron chi connectivity index (χ1n) is 3.79. The zero-order valence-corrected chi connectivity index (χ0v) is 8.57. The summed E-state index contributed by atoms with van der Waals surface area (Å²) in [6, 6.07) is 4.17. The molecule has 2 aromatic rings. The van der Waals surface area contributed by atoms with Gasteiger partial charge in [0.15, 0.2) is 0 Å². The summed E-state index contributed by atoms with van der Waals surface area (Å²) >= 11 is 3.47. The van der Waals surface area contributed by atoms with Crippen LogP contribution >= 0.6 is 15.9 Å². The predicted molar refractivity (Wildman–Crippen MR) is 53.3 cm³/mol. The van der Waals surface area contributed by atoms with E-state index in [0.717, 1.165) is 15.7 Å². The molecule has 0 unspecified atom stereocenters. The van der Waals surface area contributed by atoms with Crippen LogP contribution in [0.25, 0.3) is 10.9 Å². The van der Waals surface area contributed by atoms with Gasteiger partial charge in [-0.2, -0.15) is 5.10 Å². The number of rotatable bonds is 0. The maximum absolute atomic E-state index is 4.17. The number of aromatic amines is 1. The standard InChI is InChI=1S/C9H9BrN2/c1-5-3-7-6(2)11-12-9(7)4-8(5)10/h3-4H,1-2H3,(H,11,12). The van der Waals surface area contributed by atoms with Gasteiger partial charge >= 0.3 is 0 Å². The predicted octanol–water partition coefficient (Wildman–Crippen LogP) is 2.94. The maximum Gasteiger partial charge on any atom is 0.0935 e. The average Bonchev–Trinajstić information content (AvgIpc) is 2.35. The lowest BCUT2D eigenvalue weighted by Crippen LogP contribution is -1.76. The summed E-state index contributed by atoms with van der Waals surface area (Å²) in [5, 5.41) is 8.33. The summed E-state index contributed by atoms with van der Waals surface area (Å²) in [5.41, 5.74) is 3.39. The Balaban J connectivity index is 2.87. The lowest BCUT2D eigenvalue weighted by molar-refractivity contribution is 1.07. The van der Waals surface area contributed by atoms with E-state index in [4.69, 9.17) is 0 Å². The van der Waals surface area contributed by atoms with Gasteiger partial charge in [-0.05, 0) is 31.5 Å². The van der Waals surface area contributed by atoms with E-state index in [0.29, 0.717) is 0 Å². The van der Waals surface area contributed by atoms with Gasteiger partial charge in [0.25, 0.3) is 0 Å². The number of H-pyrrole nitrogens is 1. The zero-order chi connectivity index (χ0) is 8.72. The van der Waals surface area contributed by atoms with Crippen molar-refractivity contribution >= 4 is 26.8 Å². The van der Waals surface area contributed by atoms with Gasteiger partial charge < -0.3 is 0 Å². The maximum atomic E-state index is 4.17. The van der Waals surface area contributed by atoms with Gasteiger partial charge in [0, 0.05) is 15.6 Å². The van der Waals surface area contributed by atoms with Crippen LogP contribution < -0.4 is 0 Å². The quantitative estimate of drug-likeness (QED) is 0.733. The lowest BCUT2D eigenvalue weighted by Gasteiger charge is -1.96. The van der Waals surface area contributed by atoms with Gasteiger partial charge in [0.05, 0.1) is 5.52 Å². The average molecular weight is 225 g/mol. The van der Waals surface area contributed by atoms with E-state index in [1.54, 1.807) is 0 Å². The van der Waals surface area contributed by atoms with E-state index >= 15 is 0 Å². The summed E-state index contributed by atoms with van der Waals surface area (Å²) in [4.78, 5) is 0. The summed E-state index contributed by atoms with van der Waals surface area (Å²) in [6.07, 6.45) is 0. The molecule has 0 fully saturated rings. The highest BCUT2D eigenvalue weighted by atomic mass is 79.9. The third-order valence-corrected chi connectivity index (χ3v) is 2.88. The topological polar surface area (TPSA) is 28.7 Å². The molecule has 0 amide bonds. The molecule has 0 atom stereocenters. The Hall–Kier alpha value is -0.830. The van der Waals surface area contributed by atoms with Gasteiger partial charge in [-0.3, -0.25) is 5.10 Å². The number of nitrogens with zero attached hydrogens (tertiary/aromatic N) is 1.